The van der Waals surface area contributed by atoms with E-state index in [4.69, 9.17) is 16.2 Å². The lowest BCUT2D eigenvalue weighted by Gasteiger charge is -2.18. The Morgan fingerprint density at radius 1 is 0.950 bits per heavy atom. The molecule has 3 heteroatoms. The van der Waals surface area contributed by atoms with Gasteiger partial charge in [0.15, 0.2) is 0 Å². The van der Waals surface area contributed by atoms with E-state index in [2.05, 4.69) is 12.1 Å². The number of benzene rings is 2. The Labute approximate surface area is 120 Å². The van der Waals surface area contributed by atoms with Crippen LogP contribution < -0.4 is 16.2 Å². The fraction of sp³-hybridized carbons (Fsp3) is 0.294. The van der Waals surface area contributed by atoms with Crippen LogP contribution in [0.1, 0.15) is 23.6 Å². The van der Waals surface area contributed by atoms with Gasteiger partial charge in [0.05, 0.1) is 7.11 Å². The molecule has 0 spiro atoms. The summed E-state index contributed by atoms with van der Waals surface area (Å²) in [5.74, 6) is 0.842. The van der Waals surface area contributed by atoms with Gasteiger partial charge in [-0.25, -0.2) is 0 Å². The molecule has 106 valence electrons. The zero-order valence-corrected chi connectivity index (χ0v) is 11.8. The van der Waals surface area contributed by atoms with Crippen LogP contribution in [0.15, 0.2) is 54.6 Å². The molecular formula is C17H22N2O. The largest absolute Gasteiger partial charge is 0.497 e. The van der Waals surface area contributed by atoms with Crippen molar-refractivity contribution in [1.82, 2.24) is 0 Å². The van der Waals surface area contributed by atoms with Crippen molar-refractivity contribution in [1.29, 1.82) is 0 Å². The molecule has 2 rings (SSSR count). The van der Waals surface area contributed by atoms with Crippen molar-refractivity contribution in [2.24, 2.45) is 11.5 Å². The van der Waals surface area contributed by atoms with Crippen LogP contribution in [0.4, 0.5) is 0 Å². The van der Waals surface area contributed by atoms with Crippen molar-refractivity contribution < 1.29 is 4.74 Å². The minimum atomic E-state index is -0.0420. The molecule has 0 aliphatic carbocycles. The average Bonchev–Trinajstić information content (AvgIpc) is 2.48. The summed E-state index contributed by atoms with van der Waals surface area (Å²) in [6.07, 6.45) is 1.62. The first-order valence-electron chi connectivity index (χ1n) is 6.88. The van der Waals surface area contributed by atoms with Gasteiger partial charge < -0.3 is 16.2 Å². The minimum Gasteiger partial charge on any atom is -0.497 e. The first kappa shape index (κ1) is 14.6. The van der Waals surface area contributed by atoms with Crippen LogP contribution in [0.5, 0.6) is 5.75 Å². The summed E-state index contributed by atoms with van der Waals surface area (Å²) in [6, 6.07) is 18.1. The Bertz CT molecular complexity index is 510. The van der Waals surface area contributed by atoms with Gasteiger partial charge in [0.25, 0.3) is 0 Å². The highest BCUT2D eigenvalue weighted by molar-refractivity contribution is 5.29. The third-order valence-electron chi connectivity index (χ3n) is 3.44. The normalized spacial score (nSPS) is 13.8. The monoisotopic (exact) mass is 270 g/mol. The van der Waals surface area contributed by atoms with Crippen molar-refractivity contribution in [3.8, 4) is 5.75 Å². The van der Waals surface area contributed by atoms with Crippen LogP contribution in [0.3, 0.4) is 0 Å². The van der Waals surface area contributed by atoms with Gasteiger partial charge in [-0.05, 0) is 36.1 Å². The second-order valence-corrected chi connectivity index (χ2v) is 5.07. The lowest BCUT2D eigenvalue weighted by Crippen LogP contribution is -2.28. The first-order valence-corrected chi connectivity index (χ1v) is 6.88. The number of hydrogen-bond acceptors (Lipinski definition) is 3. The zero-order chi connectivity index (χ0) is 14.4. The molecule has 0 bridgehead atoms. The molecule has 0 heterocycles. The number of ether oxygens (including phenoxy) is 1. The van der Waals surface area contributed by atoms with E-state index in [9.17, 15) is 0 Å². The summed E-state index contributed by atoms with van der Waals surface area (Å²) in [6.45, 7) is 0. The summed E-state index contributed by atoms with van der Waals surface area (Å²) in [7, 11) is 1.66. The van der Waals surface area contributed by atoms with E-state index < -0.39 is 0 Å². The van der Waals surface area contributed by atoms with Crippen LogP contribution in [0, 0.1) is 0 Å². The maximum atomic E-state index is 6.22. The van der Waals surface area contributed by atoms with Gasteiger partial charge in [-0.1, -0.05) is 42.5 Å². The van der Waals surface area contributed by atoms with Crippen molar-refractivity contribution in [2.75, 3.05) is 7.11 Å². The molecule has 20 heavy (non-hydrogen) atoms. The molecule has 0 amide bonds. The van der Waals surface area contributed by atoms with E-state index in [-0.39, 0.29) is 12.1 Å². The van der Waals surface area contributed by atoms with E-state index in [0.717, 1.165) is 24.2 Å². The molecule has 2 aromatic carbocycles. The highest BCUT2D eigenvalue weighted by Gasteiger charge is 2.12. The summed E-state index contributed by atoms with van der Waals surface area (Å²) in [4.78, 5) is 0. The van der Waals surface area contributed by atoms with E-state index in [1.165, 1.54) is 5.56 Å². The standard InChI is InChI=1S/C17H22N2O/c1-20-16-9-7-14(8-10-16)17(19)12-15(18)11-13-5-3-2-4-6-13/h2-10,15,17H,11-12,18-19H2,1H3/t15-,17+/m1/s1. The van der Waals surface area contributed by atoms with Gasteiger partial charge in [-0.2, -0.15) is 0 Å². The van der Waals surface area contributed by atoms with Crippen LogP contribution >= 0.6 is 0 Å². The molecule has 2 aromatic rings. The van der Waals surface area contributed by atoms with Gasteiger partial charge in [-0.15, -0.1) is 0 Å². The third-order valence-corrected chi connectivity index (χ3v) is 3.44. The molecule has 0 saturated heterocycles. The summed E-state index contributed by atoms with van der Waals surface area (Å²) in [5.41, 5.74) is 14.8. The van der Waals surface area contributed by atoms with E-state index in [1.54, 1.807) is 7.11 Å². The fourth-order valence-electron chi connectivity index (χ4n) is 2.31. The average molecular weight is 270 g/mol. The molecule has 0 aliphatic heterocycles. The fourth-order valence-corrected chi connectivity index (χ4v) is 2.31. The molecule has 2 atom stereocenters. The highest BCUT2D eigenvalue weighted by Crippen LogP contribution is 2.20. The smallest absolute Gasteiger partial charge is 0.118 e. The first-order chi connectivity index (χ1) is 9.69. The van der Waals surface area contributed by atoms with E-state index in [1.807, 2.05) is 42.5 Å². The summed E-state index contributed by atoms with van der Waals surface area (Å²) in [5, 5.41) is 0. The van der Waals surface area contributed by atoms with Crippen molar-refractivity contribution in [2.45, 2.75) is 24.9 Å². The SMILES string of the molecule is COc1ccc([C@@H](N)C[C@H](N)Cc2ccccc2)cc1. The topological polar surface area (TPSA) is 61.3 Å². The Hall–Kier alpha value is -1.84. The number of hydrogen-bond donors (Lipinski definition) is 2. The Balaban J connectivity index is 1.91. The highest BCUT2D eigenvalue weighted by atomic mass is 16.5. The van der Waals surface area contributed by atoms with Crippen LogP contribution in [0.2, 0.25) is 0 Å². The molecule has 0 unspecified atom stereocenters. The predicted molar refractivity (Wildman–Crippen MR) is 82.7 cm³/mol. The molecule has 0 radical (unpaired) electrons. The predicted octanol–water partition coefficient (Wildman–Crippen LogP) is 2.66. The number of nitrogens with two attached hydrogens (primary N) is 2. The van der Waals surface area contributed by atoms with Gasteiger partial charge in [-0.3, -0.25) is 0 Å². The van der Waals surface area contributed by atoms with Crippen LogP contribution in [-0.2, 0) is 6.42 Å². The molecule has 0 fully saturated rings. The van der Waals surface area contributed by atoms with Gasteiger partial charge in [0.2, 0.25) is 0 Å². The van der Waals surface area contributed by atoms with Crippen molar-refractivity contribution in [3.63, 3.8) is 0 Å². The lowest BCUT2D eigenvalue weighted by atomic mass is 9.96. The molecular weight excluding hydrogens is 248 g/mol. The second-order valence-electron chi connectivity index (χ2n) is 5.07. The minimum absolute atomic E-state index is 0.0420. The number of rotatable bonds is 6. The second kappa shape index (κ2) is 7.08. The molecule has 0 aromatic heterocycles. The van der Waals surface area contributed by atoms with Crippen LogP contribution in [0.25, 0.3) is 0 Å². The maximum Gasteiger partial charge on any atom is 0.118 e. The quantitative estimate of drug-likeness (QED) is 0.848. The van der Waals surface area contributed by atoms with E-state index >= 15 is 0 Å². The molecule has 0 aliphatic rings. The molecule has 4 N–H and O–H groups in total. The van der Waals surface area contributed by atoms with Crippen LogP contribution in [-0.4, -0.2) is 13.2 Å². The summed E-state index contributed by atoms with van der Waals surface area (Å²) >= 11 is 0. The van der Waals surface area contributed by atoms with Crippen molar-refractivity contribution in [3.05, 3.63) is 65.7 Å². The van der Waals surface area contributed by atoms with E-state index in [0.29, 0.717) is 0 Å². The Morgan fingerprint density at radius 3 is 2.20 bits per heavy atom. The van der Waals surface area contributed by atoms with Gasteiger partial charge in [0, 0.05) is 12.1 Å². The third kappa shape index (κ3) is 4.08. The molecule has 3 nitrogen and oxygen atoms in total. The zero-order valence-electron chi connectivity index (χ0n) is 11.8. The van der Waals surface area contributed by atoms with Gasteiger partial charge >= 0.3 is 0 Å². The van der Waals surface area contributed by atoms with Gasteiger partial charge in [0.1, 0.15) is 5.75 Å². The molecule has 0 saturated carbocycles. The maximum absolute atomic E-state index is 6.22. The Morgan fingerprint density at radius 2 is 1.60 bits per heavy atom. The van der Waals surface area contributed by atoms with Crippen molar-refractivity contribution >= 4 is 0 Å². The lowest BCUT2D eigenvalue weighted by molar-refractivity contribution is 0.414. The number of methoxy groups -OCH3 is 1. The Kier molecular flexibility index (Phi) is 5.16. The summed E-state index contributed by atoms with van der Waals surface area (Å²) < 4.78 is 5.14.